The van der Waals surface area contributed by atoms with Crippen LogP contribution in [0.15, 0.2) is 47.6 Å². The van der Waals surface area contributed by atoms with Gasteiger partial charge in [0.05, 0.1) is 18.8 Å². The molecule has 27 heavy (non-hydrogen) atoms. The molecular formula is C20H25FIN5. The number of aromatic nitrogens is 2. The molecule has 0 unspecified atom stereocenters. The molecule has 0 saturated carbocycles. The van der Waals surface area contributed by atoms with Gasteiger partial charge in [0, 0.05) is 18.4 Å². The number of aryl methyl sites for hydroxylation is 2. The van der Waals surface area contributed by atoms with Crippen molar-refractivity contribution in [3.05, 3.63) is 70.9 Å². The van der Waals surface area contributed by atoms with Crippen molar-refractivity contribution in [2.45, 2.75) is 33.9 Å². The quantitative estimate of drug-likeness (QED) is 0.330. The molecule has 0 saturated heterocycles. The minimum atomic E-state index is -0.198. The van der Waals surface area contributed by atoms with Crippen LogP contribution in [-0.2, 0) is 13.1 Å². The molecule has 0 aliphatic heterocycles. The van der Waals surface area contributed by atoms with Gasteiger partial charge in [-0.1, -0.05) is 18.2 Å². The third kappa shape index (κ3) is 5.41. The number of hydrogen-bond donors (Lipinski definition) is 2. The first kappa shape index (κ1) is 21.1. The summed E-state index contributed by atoms with van der Waals surface area (Å²) in [6.45, 7) is 7.55. The molecule has 0 spiro atoms. The Labute approximate surface area is 176 Å². The normalized spacial score (nSPS) is 11.3. The van der Waals surface area contributed by atoms with Crippen LogP contribution in [0, 0.1) is 19.7 Å². The fourth-order valence-corrected chi connectivity index (χ4v) is 2.71. The number of fused-ring (bicyclic) bond motifs is 1. The van der Waals surface area contributed by atoms with E-state index in [9.17, 15) is 4.39 Å². The second-order valence-electron chi connectivity index (χ2n) is 6.26. The molecule has 3 rings (SSSR count). The summed E-state index contributed by atoms with van der Waals surface area (Å²) in [6.07, 6.45) is 2.02. The molecule has 0 aliphatic carbocycles. The molecule has 144 valence electrons. The minimum Gasteiger partial charge on any atom is -0.357 e. The van der Waals surface area contributed by atoms with Crippen LogP contribution in [0.3, 0.4) is 0 Å². The second kappa shape index (κ2) is 9.68. The lowest BCUT2D eigenvalue weighted by Crippen LogP contribution is -2.36. The van der Waals surface area contributed by atoms with Gasteiger partial charge in [0.15, 0.2) is 5.96 Å². The summed E-state index contributed by atoms with van der Waals surface area (Å²) in [5.74, 6) is 0.484. The van der Waals surface area contributed by atoms with E-state index in [2.05, 4.69) is 38.0 Å². The van der Waals surface area contributed by atoms with E-state index in [1.807, 2.05) is 31.3 Å². The molecule has 2 heterocycles. The van der Waals surface area contributed by atoms with E-state index in [-0.39, 0.29) is 29.8 Å². The molecule has 5 nitrogen and oxygen atoms in total. The number of nitrogens with one attached hydrogen (secondary N) is 2. The van der Waals surface area contributed by atoms with Gasteiger partial charge in [0.1, 0.15) is 11.5 Å². The fraction of sp³-hybridized carbons (Fsp3) is 0.300. The summed E-state index contributed by atoms with van der Waals surface area (Å²) in [7, 11) is 0. The average Bonchev–Trinajstić information content (AvgIpc) is 3.05. The molecule has 0 atom stereocenters. The van der Waals surface area contributed by atoms with Gasteiger partial charge in [-0.3, -0.25) is 0 Å². The summed E-state index contributed by atoms with van der Waals surface area (Å²) in [5, 5.41) is 6.49. The summed E-state index contributed by atoms with van der Waals surface area (Å²) in [4.78, 5) is 9.15. The topological polar surface area (TPSA) is 53.7 Å². The van der Waals surface area contributed by atoms with Gasteiger partial charge in [-0.05, 0) is 50.1 Å². The number of pyridine rings is 1. The maximum absolute atomic E-state index is 13.7. The first-order valence-corrected chi connectivity index (χ1v) is 8.77. The van der Waals surface area contributed by atoms with Crippen molar-refractivity contribution in [3.63, 3.8) is 0 Å². The summed E-state index contributed by atoms with van der Waals surface area (Å²) >= 11 is 0. The lowest BCUT2D eigenvalue weighted by Gasteiger charge is -2.10. The van der Waals surface area contributed by atoms with E-state index in [1.54, 1.807) is 13.0 Å². The zero-order valence-electron chi connectivity index (χ0n) is 15.8. The van der Waals surface area contributed by atoms with Crippen LogP contribution in [-0.4, -0.2) is 21.9 Å². The maximum Gasteiger partial charge on any atom is 0.191 e. The van der Waals surface area contributed by atoms with Gasteiger partial charge in [-0.15, -0.1) is 24.0 Å². The predicted molar refractivity (Wildman–Crippen MR) is 118 cm³/mol. The van der Waals surface area contributed by atoms with Gasteiger partial charge in [-0.2, -0.15) is 0 Å². The number of nitrogens with zero attached hydrogens (tertiary/aromatic N) is 3. The Morgan fingerprint density at radius 1 is 1.19 bits per heavy atom. The highest BCUT2D eigenvalue weighted by Crippen LogP contribution is 2.10. The molecular weight excluding hydrogens is 456 g/mol. The van der Waals surface area contributed by atoms with Crippen molar-refractivity contribution < 1.29 is 4.39 Å². The third-order valence-corrected chi connectivity index (χ3v) is 4.18. The van der Waals surface area contributed by atoms with Gasteiger partial charge in [-0.25, -0.2) is 14.4 Å². The Bertz CT molecular complexity index is 935. The van der Waals surface area contributed by atoms with Crippen molar-refractivity contribution in [3.8, 4) is 0 Å². The zero-order valence-corrected chi connectivity index (χ0v) is 18.1. The van der Waals surface area contributed by atoms with Crippen LogP contribution in [0.5, 0.6) is 0 Å². The molecule has 0 amide bonds. The maximum atomic E-state index is 13.7. The lowest BCUT2D eigenvalue weighted by atomic mass is 10.1. The molecule has 2 N–H and O–H groups in total. The number of imidazole rings is 1. The number of hydrogen-bond acceptors (Lipinski definition) is 2. The van der Waals surface area contributed by atoms with Crippen LogP contribution in [0.4, 0.5) is 4.39 Å². The molecule has 2 aromatic heterocycles. The zero-order chi connectivity index (χ0) is 18.5. The van der Waals surface area contributed by atoms with Crippen LogP contribution >= 0.6 is 24.0 Å². The monoisotopic (exact) mass is 481 g/mol. The largest absolute Gasteiger partial charge is 0.357 e. The second-order valence-corrected chi connectivity index (χ2v) is 6.26. The van der Waals surface area contributed by atoms with Crippen molar-refractivity contribution >= 4 is 35.6 Å². The van der Waals surface area contributed by atoms with Gasteiger partial charge < -0.3 is 15.0 Å². The summed E-state index contributed by atoms with van der Waals surface area (Å²) < 4.78 is 15.7. The minimum absolute atomic E-state index is 0. The van der Waals surface area contributed by atoms with Gasteiger partial charge in [0.2, 0.25) is 0 Å². The number of aliphatic imine (C=N–C) groups is 1. The fourth-order valence-electron chi connectivity index (χ4n) is 2.71. The van der Waals surface area contributed by atoms with E-state index in [0.29, 0.717) is 24.6 Å². The Morgan fingerprint density at radius 2 is 2.00 bits per heavy atom. The average molecular weight is 481 g/mol. The van der Waals surface area contributed by atoms with Gasteiger partial charge in [0.25, 0.3) is 0 Å². The Kier molecular flexibility index (Phi) is 7.58. The first-order chi connectivity index (χ1) is 12.6. The van der Waals surface area contributed by atoms with E-state index < -0.39 is 0 Å². The number of benzene rings is 1. The third-order valence-electron chi connectivity index (χ3n) is 4.18. The molecule has 0 radical (unpaired) electrons. The van der Waals surface area contributed by atoms with E-state index in [0.717, 1.165) is 29.1 Å². The highest BCUT2D eigenvalue weighted by atomic mass is 127. The summed E-state index contributed by atoms with van der Waals surface area (Å²) in [5.41, 5.74) is 4.49. The molecule has 3 aromatic rings. The lowest BCUT2D eigenvalue weighted by molar-refractivity contribution is 0.616. The first-order valence-electron chi connectivity index (χ1n) is 8.77. The van der Waals surface area contributed by atoms with Crippen molar-refractivity contribution in [2.75, 3.05) is 6.54 Å². The van der Waals surface area contributed by atoms with Crippen LogP contribution in [0.2, 0.25) is 0 Å². The standard InChI is InChI=1S/C20H24FN5.HI/c1-4-22-20(23-11-16-9-8-14(2)18(21)10-16)24-12-17-13-26-15(3)6-5-7-19(26)25-17;/h5-10,13H,4,11-12H2,1-3H3,(H2,22,23,24);1H. The van der Waals surface area contributed by atoms with E-state index >= 15 is 0 Å². The van der Waals surface area contributed by atoms with Crippen LogP contribution < -0.4 is 10.6 Å². The summed E-state index contributed by atoms with van der Waals surface area (Å²) in [6, 6.07) is 11.3. The Balaban J connectivity index is 0.00000261. The van der Waals surface area contributed by atoms with E-state index in [4.69, 9.17) is 0 Å². The molecule has 1 aromatic carbocycles. The van der Waals surface area contributed by atoms with Crippen molar-refractivity contribution in [1.29, 1.82) is 0 Å². The van der Waals surface area contributed by atoms with Crippen molar-refractivity contribution in [2.24, 2.45) is 4.99 Å². The van der Waals surface area contributed by atoms with Crippen LogP contribution in [0.1, 0.15) is 29.4 Å². The Hall–Kier alpha value is -2.16. The molecule has 0 fully saturated rings. The highest BCUT2D eigenvalue weighted by Gasteiger charge is 2.05. The van der Waals surface area contributed by atoms with Crippen molar-refractivity contribution in [1.82, 2.24) is 20.0 Å². The predicted octanol–water partition coefficient (Wildman–Crippen LogP) is 3.96. The SMILES string of the molecule is CCNC(=NCc1ccc(C)c(F)c1)NCc1cn2c(C)cccc2n1.I. The Morgan fingerprint density at radius 3 is 2.70 bits per heavy atom. The molecule has 7 heteroatoms. The highest BCUT2D eigenvalue weighted by molar-refractivity contribution is 14.0. The van der Waals surface area contributed by atoms with E-state index in [1.165, 1.54) is 6.07 Å². The molecule has 0 aliphatic rings. The number of rotatable bonds is 5. The smallest absolute Gasteiger partial charge is 0.191 e. The van der Waals surface area contributed by atoms with Gasteiger partial charge >= 0.3 is 0 Å². The number of halogens is 2. The number of guanidine groups is 1. The molecule has 0 bridgehead atoms. The van der Waals surface area contributed by atoms with Crippen LogP contribution in [0.25, 0.3) is 5.65 Å².